The van der Waals surface area contributed by atoms with Crippen LogP contribution in [0.1, 0.15) is 61.2 Å². The number of benzene rings is 1. The summed E-state index contributed by atoms with van der Waals surface area (Å²) >= 11 is 7.50. The third-order valence-electron chi connectivity index (χ3n) is 6.24. The average Bonchev–Trinajstić information content (AvgIpc) is 3.40. The van der Waals surface area contributed by atoms with Gasteiger partial charge in [0.1, 0.15) is 11.8 Å². The van der Waals surface area contributed by atoms with E-state index < -0.39 is 0 Å². The molecular weight excluding hydrogens is 422 g/mol. The first kappa shape index (κ1) is 20.6. The number of aromatic nitrogens is 1. The summed E-state index contributed by atoms with van der Waals surface area (Å²) in [6, 6.07) is 19.2. The van der Waals surface area contributed by atoms with E-state index in [0.29, 0.717) is 6.04 Å². The van der Waals surface area contributed by atoms with Gasteiger partial charge in [0.25, 0.3) is 0 Å². The maximum absolute atomic E-state index is 6.42. The number of hydrogen-bond donors (Lipinski definition) is 1. The van der Waals surface area contributed by atoms with Crippen LogP contribution in [-0.2, 0) is 0 Å². The van der Waals surface area contributed by atoms with E-state index in [1.807, 2.05) is 18.3 Å². The van der Waals surface area contributed by atoms with E-state index in [0.717, 1.165) is 21.7 Å². The Hall–Kier alpha value is -2.31. The molecule has 1 aliphatic heterocycles. The molecule has 4 nitrogen and oxygen atoms in total. The predicted octanol–water partition coefficient (Wildman–Crippen LogP) is 6.44. The van der Waals surface area contributed by atoms with E-state index in [1.165, 1.54) is 42.6 Å². The number of nitrogens with zero attached hydrogens (tertiary/aromatic N) is 2. The average molecular weight is 450 g/mol. The van der Waals surface area contributed by atoms with Gasteiger partial charge in [-0.3, -0.25) is 4.98 Å². The molecule has 2 fully saturated rings. The van der Waals surface area contributed by atoms with Gasteiger partial charge in [-0.1, -0.05) is 54.8 Å². The molecule has 3 aromatic rings. The summed E-state index contributed by atoms with van der Waals surface area (Å²) in [7, 11) is 0. The van der Waals surface area contributed by atoms with Gasteiger partial charge in [0.15, 0.2) is 10.2 Å². The topological polar surface area (TPSA) is 41.3 Å². The molecule has 1 saturated carbocycles. The van der Waals surface area contributed by atoms with Crippen LogP contribution in [0.5, 0.6) is 0 Å². The first-order valence-corrected chi connectivity index (χ1v) is 12.3. The highest BCUT2D eigenvalue weighted by atomic mass is 32.2. The van der Waals surface area contributed by atoms with Crippen molar-refractivity contribution in [3.63, 3.8) is 0 Å². The van der Waals surface area contributed by atoms with Crippen molar-refractivity contribution in [2.24, 2.45) is 0 Å². The Labute approximate surface area is 193 Å². The smallest absolute Gasteiger partial charge is 0.170 e. The lowest BCUT2D eigenvalue weighted by molar-refractivity contribution is 0.174. The first-order chi connectivity index (χ1) is 15.2. The fourth-order valence-electron chi connectivity index (χ4n) is 4.69. The summed E-state index contributed by atoms with van der Waals surface area (Å²) in [4.78, 5) is 8.21. The van der Waals surface area contributed by atoms with Crippen LogP contribution < -0.4 is 5.32 Å². The zero-order chi connectivity index (χ0) is 21.2. The molecule has 2 aromatic heterocycles. The van der Waals surface area contributed by atoms with Crippen LogP contribution in [0.15, 0.2) is 75.2 Å². The fraction of sp³-hybridized carbons (Fsp3) is 0.360. The van der Waals surface area contributed by atoms with Crippen molar-refractivity contribution in [2.75, 3.05) is 0 Å². The molecule has 2 aliphatic rings. The van der Waals surface area contributed by atoms with E-state index in [4.69, 9.17) is 16.6 Å². The molecule has 6 heteroatoms. The SMILES string of the molecule is Cc1ccc(Sc2ccc([C@H]3[C@H](c4ccccn4)NC(=S)N3C3CCCCC3)o2)cc1. The molecule has 31 heavy (non-hydrogen) atoms. The van der Waals surface area contributed by atoms with E-state index in [-0.39, 0.29) is 12.1 Å². The quantitative estimate of drug-likeness (QED) is 0.452. The summed E-state index contributed by atoms with van der Waals surface area (Å²) in [5.41, 5.74) is 2.26. The van der Waals surface area contributed by atoms with Gasteiger partial charge in [0.05, 0.1) is 11.7 Å². The van der Waals surface area contributed by atoms with Crippen molar-refractivity contribution in [1.29, 1.82) is 0 Å². The zero-order valence-electron chi connectivity index (χ0n) is 17.7. The van der Waals surface area contributed by atoms with E-state index >= 15 is 0 Å². The molecule has 0 amide bonds. The fourth-order valence-corrected chi connectivity index (χ4v) is 5.86. The minimum absolute atomic E-state index is 0.0119. The van der Waals surface area contributed by atoms with Gasteiger partial charge >= 0.3 is 0 Å². The second kappa shape index (κ2) is 9.05. The highest BCUT2D eigenvalue weighted by molar-refractivity contribution is 7.99. The summed E-state index contributed by atoms with van der Waals surface area (Å²) < 4.78 is 6.42. The number of furan rings is 1. The Morgan fingerprint density at radius 2 is 1.84 bits per heavy atom. The predicted molar refractivity (Wildman–Crippen MR) is 128 cm³/mol. The van der Waals surface area contributed by atoms with Crippen molar-refractivity contribution in [3.8, 4) is 0 Å². The van der Waals surface area contributed by atoms with Gasteiger partial charge < -0.3 is 14.6 Å². The molecule has 0 spiro atoms. The van der Waals surface area contributed by atoms with E-state index in [1.54, 1.807) is 11.8 Å². The highest BCUT2D eigenvalue weighted by Crippen LogP contribution is 2.44. The first-order valence-electron chi connectivity index (χ1n) is 11.0. The van der Waals surface area contributed by atoms with Gasteiger partial charge in [0, 0.05) is 17.1 Å². The number of thiocarbonyl (C=S) groups is 1. The third kappa shape index (κ3) is 4.37. The molecule has 0 radical (unpaired) electrons. The molecular formula is C25H27N3OS2. The minimum Gasteiger partial charge on any atom is -0.452 e. The number of nitrogens with one attached hydrogen (secondary N) is 1. The summed E-state index contributed by atoms with van der Waals surface area (Å²) in [6.45, 7) is 2.10. The second-order valence-electron chi connectivity index (χ2n) is 8.40. The molecule has 1 aliphatic carbocycles. The number of rotatable bonds is 5. The lowest BCUT2D eigenvalue weighted by atomic mass is 9.92. The molecule has 5 rings (SSSR count). The lowest BCUT2D eigenvalue weighted by Crippen LogP contribution is -2.40. The Morgan fingerprint density at radius 1 is 1.03 bits per heavy atom. The molecule has 1 saturated heterocycles. The Morgan fingerprint density at radius 3 is 2.58 bits per heavy atom. The summed E-state index contributed by atoms with van der Waals surface area (Å²) in [5, 5.41) is 5.28. The van der Waals surface area contributed by atoms with E-state index in [2.05, 4.69) is 64.6 Å². The molecule has 1 N–H and O–H groups in total. The zero-order valence-corrected chi connectivity index (χ0v) is 19.3. The molecule has 0 unspecified atom stereocenters. The normalized spacial score (nSPS) is 22.0. The molecule has 1 aromatic carbocycles. The monoisotopic (exact) mass is 449 g/mol. The highest BCUT2D eigenvalue weighted by Gasteiger charge is 2.44. The number of aryl methyl sites for hydroxylation is 1. The van der Waals surface area contributed by atoms with Gasteiger partial charge in [-0.25, -0.2) is 0 Å². The van der Waals surface area contributed by atoms with Crippen LogP contribution in [0.25, 0.3) is 0 Å². The van der Waals surface area contributed by atoms with Gasteiger partial charge in [-0.2, -0.15) is 0 Å². The van der Waals surface area contributed by atoms with Gasteiger partial charge in [-0.05, 0) is 68.4 Å². The van der Waals surface area contributed by atoms with Crippen molar-refractivity contribution < 1.29 is 4.42 Å². The molecule has 3 heterocycles. The number of hydrogen-bond acceptors (Lipinski definition) is 4. The van der Waals surface area contributed by atoms with E-state index in [9.17, 15) is 0 Å². The Bertz CT molecular complexity index is 1030. The minimum atomic E-state index is -0.0148. The standard InChI is InChI=1S/C25H27N3OS2/c1-17-10-12-19(13-11-17)31-22-15-14-21(29-22)24-23(20-9-5-6-16-26-20)27-25(30)28(24)18-7-3-2-4-8-18/h5-6,9-16,18,23-24H,2-4,7-8H2,1H3,(H,27,30)/t23-,24-/m0/s1. The largest absolute Gasteiger partial charge is 0.452 e. The van der Waals surface area contributed by atoms with Crippen LogP contribution in [0.2, 0.25) is 0 Å². The van der Waals surface area contributed by atoms with Crippen LogP contribution in [0, 0.1) is 6.92 Å². The molecule has 0 bridgehead atoms. The third-order valence-corrected chi connectivity index (χ3v) is 7.49. The summed E-state index contributed by atoms with van der Waals surface area (Å²) in [5.74, 6) is 0.947. The lowest BCUT2D eigenvalue weighted by Gasteiger charge is -2.36. The Kier molecular flexibility index (Phi) is 6.01. The van der Waals surface area contributed by atoms with Crippen LogP contribution in [-0.4, -0.2) is 21.0 Å². The van der Waals surface area contributed by atoms with Crippen molar-refractivity contribution >= 4 is 29.1 Å². The summed E-state index contributed by atoms with van der Waals surface area (Å²) in [6.07, 6.45) is 8.05. The van der Waals surface area contributed by atoms with Crippen LogP contribution >= 0.6 is 24.0 Å². The molecule has 2 atom stereocenters. The van der Waals surface area contributed by atoms with Gasteiger partial charge in [-0.15, -0.1) is 0 Å². The number of pyridine rings is 1. The van der Waals surface area contributed by atoms with Crippen LogP contribution in [0.3, 0.4) is 0 Å². The maximum atomic E-state index is 6.42. The van der Waals surface area contributed by atoms with Crippen molar-refractivity contribution in [1.82, 2.24) is 15.2 Å². The van der Waals surface area contributed by atoms with Crippen molar-refractivity contribution in [3.05, 3.63) is 77.8 Å². The maximum Gasteiger partial charge on any atom is 0.170 e. The van der Waals surface area contributed by atoms with Gasteiger partial charge in [0.2, 0.25) is 0 Å². The van der Waals surface area contributed by atoms with Crippen molar-refractivity contribution in [2.45, 2.75) is 67.1 Å². The second-order valence-corrected chi connectivity index (χ2v) is 9.86. The Balaban J connectivity index is 1.46. The van der Waals surface area contributed by atoms with Crippen LogP contribution in [0.4, 0.5) is 0 Å². The molecule has 160 valence electrons.